The summed E-state index contributed by atoms with van der Waals surface area (Å²) < 4.78 is 30.1. The molecule has 2 heterocycles. The minimum Gasteiger partial charge on any atom is -0.369 e. The fourth-order valence-corrected chi connectivity index (χ4v) is 2.47. The number of aryl methyl sites for hydroxylation is 2. The lowest BCUT2D eigenvalue weighted by Gasteiger charge is -2.08. The SMILES string of the molecule is CCc1nn(C)c2c1nc(N)n2Cc1ccc(F)cc1F. The van der Waals surface area contributed by atoms with Gasteiger partial charge in [-0.15, -0.1) is 0 Å². The van der Waals surface area contributed by atoms with E-state index in [1.54, 1.807) is 16.3 Å². The summed E-state index contributed by atoms with van der Waals surface area (Å²) in [6.45, 7) is 2.16. The van der Waals surface area contributed by atoms with E-state index in [0.717, 1.165) is 29.3 Å². The summed E-state index contributed by atoms with van der Waals surface area (Å²) in [6, 6.07) is 3.50. The van der Waals surface area contributed by atoms with Gasteiger partial charge in [-0.3, -0.25) is 9.25 Å². The molecule has 0 amide bonds. The number of hydrogen-bond donors (Lipinski definition) is 1. The van der Waals surface area contributed by atoms with Gasteiger partial charge in [-0.1, -0.05) is 13.0 Å². The standard InChI is InChI=1S/C14H15F2N5/c1-3-11-12-13(20(2)19-11)21(14(17)18-12)7-8-4-5-9(15)6-10(8)16/h4-6H,3,7H2,1-2H3,(H2,17,18). The molecule has 0 bridgehead atoms. The van der Waals surface area contributed by atoms with Gasteiger partial charge in [0.1, 0.15) is 17.2 Å². The molecule has 110 valence electrons. The predicted molar refractivity (Wildman–Crippen MR) is 75.7 cm³/mol. The Morgan fingerprint density at radius 2 is 2.05 bits per heavy atom. The Morgan fingerprint density at radius 1 is 1.29 bits per heavy atom. The largest absolute Gasteiger partial charge is 0.369 e. The second-order valence-electron chi connectivity index (χ2n) is 4.89. The van der Waals surface area contributed by atoms with Crippen LogP contribution < -0.4 is 5.73 Å². The van der Waals surface area contributed by atoms with Gasteiger partial charge in [0.05, 0.1) is 12.2 Å². The van der Waals surface area contributed by atoms with E-state index < -0.39 is 11.6 Å². The Labute approximate surface area is 120 Å². The fourth-order valence-electron chi connectivity index (χ4n) is 2.47. The summed E-state index contributed by atoms with van der Waals surface area (Å²) in [6.07, 6.45) is 0.735. The van der Waals surface area contributed by atoms with Crippen LogP contribution in [-0.4, -0.2) is 19.3 Å². The quantitative estimate of drug-likeness (QED) is 0.805. The van der Waals surface area contributed by atoms with Crippen molar-refractivity contribution in [2.24, 2.45) is 7.05 Å². The van der Waals surface area contributed by atoms with Crippen molar-refractivity contribution in [2.75, 3.05) is 5.73 Å². The highest BCUT2D eigenvalue weighted by Gasteiger charge is 2.18. The minimum atomic E-state index is -0.603. The molecule has 0 fully saturated rings. The number of nitrogens with two attached hydrogens (primary N) is 1. The molecule has 2 aromatic heterocycles. The summed E-state index contributed by atoms with van der Waals surface area (Å²) in [7, 11) is 1.79. The molecule has 0 unspecified atom stereocenters. The summed E-state index contributed by atoms with van der Waals surface area (Å²) in [4.78, 5) is 4.31. The minimum absolute atomic E-state index is 0.178. The Balaban J connectivity index is 2.12. The van der Waals surface area contributed by atoms with Crippen LogP contribution in [-0.2, 0) is 20.0 Å². The number of benzene rings is 1. The van der Waals surface area contributed by atoms with Gasteiger partial charge < -0.3 is 5.73 Å². The zero-order chi connectivity index (χ0) is 15.1. The maximum Gasteiger partial charge on any atom is 0.202 e. The lowest BCUT2D eigenvalue weighted by molar-refractivity contribution is 0.566. The van der Waals surface area contributed by atoms with Crippen molar-refractivity contribution in [3.05, 3.63) is 41.1 Å². The van der Waals surface area contributed by atoms with Crippen LogP contribution >= 0.6 is 0 Å². The zero-order valence-corrected chi connectivity index (χ0v) is 11.8. The van der Waals surface area contributed by atoms with Crippen molar-refractivity contribution >= 4 is 17.1 Å². The molecule has 0 saturated heterocycles. The number of nitrogens with zero attached hydrogens (tertiary/aromatic N) is 4. The molecule has 2 N–H and O–H groups in total. The van der Waals surface area contributed by atoms with Gasteiger partial charge in [0.25, 0.3) is 0 Å². The molecule has 1 aromatic carbocycles. The van der Waals surface area contributed by atoms with Crippen LogP contribution in [0.2, 0.25) is 0 Å². The van der Waals surface area contributed by atoms with Gasteiger partial charge in [0, 0.05) is 18.7 Å². The number of rotatable bonds is 3. The fraction of sp³-hybridized carbons (Fsp3) is 0.286. The molecule has 0 radical (unpaired) electrons. The van der Waals surface area contributed by atoms with Crippen molar-refractivity contribution in [3.63, 3.8) is 0 Å². The van der Waals surface area contributed by atoms with E-state index in [1.165, 1.54) is 12.1 Å². The van der Waals surface area contributed by atoms with Gasteiger partial charge in [-0.25, -0.2) is 13.8 Å². The van der Waals surface area contributed by atoms with E-state index in [9.17, 15) is 8.78 Å². The van der Waals surface area contributed by atoms with Gasteiger partial charge in [0.2, 0.25) is 5.95 Å². The number of halogens is 2. The number of aromatic nitrogens is 4. The van der Waals surface area contributed by atoms with Crippen molar-refractivity contribution in [2.45, 2.75) is 19.9 Å². The molecule has 0 aliphatic carbocycles. The van der Waals surface area contributed by atoms with Crippen molar-refractivity contribution < 1.29 is 8.78 Å². The summed E-state index contributed by atoms with van der Waals surface area (Å²) in [5, 5.41) is 4.37. The van der Waals surface area contributed by atoms with Crippen LogP contribution in [0.5, 0.6) is 0 Å². The van der Waals surface area contributed by atoms with E-state index in [0.29, 0.717) is 5.56 Å². The van der Waals surface area contributed by atoms with Crippen LogP contribution in [0.4, 0.5) is 14.7 Å². The molecule has 5 nitrogen and oxygen atoms in total. The second-order valence-corrected chi connectivity index (χ2v) is 4.89. The maximum atomic E-state index is 13.8. The van der Waals surface area contributed by atoms with E-state index >= 15 is 0 Å². The third-order valence-corrected chi connectivity index (χ3v) is 3.50. The van der Waals surface area contributed by atoms with E-state index in [2.05, 4.69) is 10.1 Å². The number of nitrogen functional groups attached to an aromatic ring is 1. The molecule has 0 atom stereocenters. The number of fused-ring (bicyclic) bond motifs is 1. The van der Waals surface area contributed by atoms with E-state index in [4.69, 9.17) is 5.73 Å². The molecular weight excluding hydrogens is 276 g/mol. The topological polar surface area (TPSA) is 61.7 Å². The zero-order valence-electron chi connectivity index (χ0n) is 11.8. The lowest BCUT2D eigenvalue weighted by atomic mass is 10.2. The average molecular weight is 291 g/mol. The van der Waals surface area contributed by atoms with Gasteiger partial charge in [-0.2, -0.15) is 5.10 Å². The first kappa shape index (κ1) is 13.5. The average Bonchev–Trinajstić information content (AvgIpc) is 2.91. The van der Waals surface area contributed by atoms with Crippen LogP contribution in [0.1, 0.15) is 18.2 Å². The van der Waals surface area contributed by atoms with Crippen LogP contribution in [0.25, 0.3) is 11.2 Å². The highest BCUT2D eigenvalue weighted by Crippen LogP contribution is 2.23. The highest BCUT2D eigenvalue weighted by atomic mass is 19.1. The third-order valence-electron chi connectivity index (χ3n) is 3.50. The van der Waals surface area contributed by atoms with Crippen LogP contribution in [0.15, 0.2) is 18.2 Å². The molecule has 0 saturated carbocycles. The summed E-state index contributed by atoms with van der Waals surface area (Å²) >= 11 is 0. The molecule has 21 heavy (non-hydrogen) atoms. The molecule has 0 aliphatic rings. The monoisotopic (exact) mass is 291 g/mol. The predicted octanol–water partition coefficient (Wildman–Crippen LogP) is 2.24. The Hall–Kier alpha value is -2.44. The summed E-state index contributed by atoms with van der Waals surface area (Å²) in [5.74, 6) is -0.917. The smallest absolute Gasteiger partial charge is 0.202 e. The Kier molecular flexibility index (Phi) is 3.12. The molecular formula is C14H15F2N5. The van der Waals surface area contributed by atoms with E-state index in [-0.39, 0.29) is 12.5 Å². The van der Waals surface area contributed by atoms with Gasteiger partial charge in [-0.05, 0) is 12.5 Å². The number of imidazole rings is 1. The maximum absolute atomic E-state index is 13.8. The number of anilines is 1. The normalized spacial score (nSPS) is 11.4. The Bertz CT molecular complexity index is 818. The molecule has 3 rings (SSSR count). The third kappa shape index (κ3) is 2.14. The van der Waals surface area contributed by atoms with E-state index in [1.807, 2.05) is 6.92 Å². The molecule has 0 aliphatic heterocycles. The first-order chi connectivity index (χ1) is 10.0. The van der Waals surface area contributed by atoms with Gasteiger partial charge in [0.15, 0.2) is 5.65 Å². The molecule has 7 heteroatoms. The van der Waals surface area contributed by atoms with Crippen LogP contribution in [0.3, 0.4) is 0 Å². The second kappa shape index (κ2) is 4.83. The van der Waals surface area contributed by atoms with Crippen molar-refractivity contribution in [3.8, 4) is 0 Å². The van der Waals surface area contributed by atoms with Crippen LogP contribution in [0, 0.1) is 11.6 Å². The first-order valence-electron chi connectivity index (χ1n) is 6.62. The Morgan fingerprint density at radius 3 is 2.71 bits per heavy atom. The van der Waals surface area contributed by atoms with Gasteiger partial charge >= 0.3 is 0 Å². The number of hydrogen-bond acceptors (Lipinski definition) is 3. The summed E-state index contributed by atoms with van der Waals surface area (Å²) in [5.41, 5.74) is 8.58. The first-order valence-corrected chi connectivity index (χ1v) is 6.62. The highest BCUT2D eigenvalue weighted by molar-refractivity contribution is 5.77. The molecule has 3 aromatic rings. The van der Waals surface area contributed by atoms with Crippen molar-refractivity contribution in [1.82, 2.24) is 19.3 Å². The molecule has 0 spiro atoms. The van der Waals surface area contributed by atoms with Crippen molar-refractivity contribution in [1.29, 1.82) is 0 Å². The lowest BCUT2D eigenvalue weighted by Crippen LogP contribution is -2.09.